The van der Waals surface area contributed by atoms with Gasteiger partial charge >= 0.3 is 0 Å². The third kappa shape index (κ3) is 3.25. The second kappa shape index (κ2) is 6.17. The Bertz CT molecular complexity index is 669. The van der Waals surface area contributed by atoms with Crippen LogP contribution in [-0.2, 0) is 0 Å². The molecule has 0 atom stereocenters. The molecule has 110 valence electrons. The van der Waals surface area contributed by atoms with Crippen LogP contribution in [-0.4, -0.2) is 20.1 Å². The first-order chi connectivity index (χ1) is 10.0. The zero-order valence-electron chi connectivity index (χ0n) is 12.4. The monoisotopic (exact) mass is 285 g/mol. The van der Waals surface area contributed by atoms with E-state index in [1.165, 1.54) is 0 Å². The van der Waals surface area contributed by atoms with Gasteiger partial charge in [-0.25, -0.2) is 0 Å². The number of benzene rings is 2. The third-order valence-electron chi connectivity index (χ3n) is 3.17. The SMILES string of the molecule is CNC(=O)c1ccc(N)c(Nc2cc(C)ccc2OC)c1. The van der Waals surface area contributed by atoms with Gasteiger partial charge in [-0.05, 0) is 42.8 Å². The average Bonchev–Trinajstić information content (AvgIpc) is 2.49. The summed E-state index contributed by atoms with van der Waals surface area (Å²) in [6, 6.07) is 10.9. The van der Waals surface area contributed by atoms with Crippen LogP contribution in [0.5, 0.6) is 5.75 Å². The summed E-state index contributed by atoms with van der Waals surface area (Å²) in [6.45, 7) is 1.99. The molecule has 5 nitrogen and oxygen atoms in total. The Morgan fingerprint density at radius 1 is 1.14 bits per heavy atom. The van der Waals surface area contributed by atoms with Gasteiger partial charge in [0.1, 0.15) is 5.75 Å². The Hall–Kier alpha value is -2.69. The summed E-state index contributed by atoms with van der Waals surface area (Å²) in [7, 11) is 3.20. The molecule has 0 spiro atoms. The summed E-state index contributed by atoms with van der Waals surface area (Å²) in [5.41, 5.74) is 9.64. The van der Waals surface area contributed by atoms with Crippen molar-refractivity contribution < 1.29 is 9.53 Å². The fraction of sp³-hybridized carbons (Fsp3) is 0.188. The Balaban J connectivity index is 2.39. The lowest BCUT2D eigenvalue weighted by Gasteiger charge is -2.14. The van der Waals surface area contributed by atoms with Crippen LogP contribution in [0.4, 0.5) is 17.1 Å². The number of nitrogens with two attached hydrogens (primary N) is 1. The second-order valence-electron chi connectivity index (χ2n) is 4.71. The van der Waals surface area contributed by atoms with Crippen molar-refractivity contribution in [2.75, 3.05) is 25.2 Å². The molecule has 2 rings (SSSR count). The number of nitrogen functional groups attached to an aromatic ring is 1. The molecule has 0 heterocycles. The van der Waals surface area contributed by atoms with E-state index in [4.69, 9.17) is 10.5 Å². The number of carbonyl (C=O) groups is 1. The van der Waals surface area contributed by atoms with E-state index < -0.39 is 0 Å². The summed E-state index contributed by atoms with van der Waals surface area (Å²) >= 11 is 0. The number of amides is 1. The molecule has 1 amide bonds. The minimum atomic E-state index is -0.158. The third-order valence-corrected chi connectivity index (χ3v) is 3.17. The zero-order valence-corrected chi connectivity index (χ0v) is 12.4. The topological polar surface area (TPSA) is 76.4 Å². The van der Waals surface area contributed by atoms with Crippen molar-refractivity contribution in [3.8, 4) is 5.75 Å². The summed E-state index contributed by atoms with van der Waals surface area (Å²) in [4.78, 5) is 11.7. The maximum absolute atomic E-state index is 11.7. The van der Waals surface area contributed by atoms with Crippen LogP contribution in [0.25, 0.3) is 0 Å². The maximum atomic E-state index is 11.7. The summed E-state index contributed by atoms with van der Waals surface area (Å²) in [6.07, 6.45) is 0. The molecule has 0 radical (unpaired) electrons. The van der Waals surface area contributed by atoms with E-state index in [1.54, 1.807) is 32.4 Å². The largest absolute Gasteiger partial charge is 0.495 e. The Morgan fingerprint density at radius 3 is 2.57 bits per heavy atom. The van der Waals surface area contributed by atoms with Crippen LogP contribution in [0.2, 0.25) is 0 Å². The van der Waals surface area contributed by atoms with Crippen molar-refractivity contribution in [1.29, 1.82) is 0 Å². The number of nitrogens with one attached hydrogen (secondary N) is 2. The van der Waals surface area contributed by atoms with E-state index >= 15 is 0 Å². The van der Waals surface area contributed by atoms with Crippen molar-refractivity contribution in [3.05, 3.63) is 47.5 Å². The molecule has 0 aliphatic rings. The maximum Gasteiger partial charge on any atom is 0.251 e. The number of hydrogen-bond donors (Lipinski definition) is 3. The molecule has 4 N–H and O–H groups in total. The highest BCUT2D eigenvalue weighted by Gasteiger charge is 2.09. The van der Waals surface area contributed by atoms with Crippen LogP contribution >= 0.6 is 0 Å². The highest BCUT2D eigenvalue weighted by molar-refractivity contribution is 5.96. The first kappa shape index (κ1) is 14.7. The van der Waals surface area contributed by atoms with Gasteiger partial charge in [0.2, 0.25) is 0 Å². The zero-order chi connectivity index (χ0) is 15.4. The molecular formula is C16H19N3O2. The lowest BCUT2D eigenvalue weighted by Crippen LogP contribution is -2.18. The summed E-state index contributed by atoms with van der Waals surface area (Å²) in [5.74, 6) is 0.555. The van der Waals surface area contributed by atoms with Crippen molar-refractivity contribution >= 4 is 23.0 Å². The molecule has 0 saturated heterocycles. The standard InChI is InChI=1S/C16H19N3O2/c1-10-4-7-15(21-3)14(8-10)19-13-9-11(16(20)18-2)5-6-12(13)17/h4-9,19H,17H2,1-3H3,(H,18,20). The van der Waals surface area contributed by atoms with E-state index in [0.717, 1.165) is 11.3 Å². The smallest absolute Gasteiger partial charge is 0.251 e. The number of carbonyl (C=O) groups excluding carboxylic acids is 1. The van der Waals surface area contributed by atoms with E-state index in [2.05, 4.69) is 10.6 Å². The quantitative estimate of drug-likeness (QED) is 0.755. The first-order valence-corrected chi connectivity index (χ1v) is 6.58. The van der Waals surface area contributed by atoms with Crippen molar-refractivity contribution in [3.63, 3.8) is 0 Å². The fourth-order valence-corrected chi connectivity index (χ4v) is 2.01. The van der Waals surface area contributed by atoms with E-state index in [-0.39, 0.29) is 5.91 Å². The predicted molar refractivity (Wildman–Crippen MR) is 85.3 cm³/mol. The van der Waals surface area contributed by atoms with E-state index in [0.29, 0.717) is 22.7 Å². The lowest BCUT2D eigenvalue weighted by molar-refractivity contribution is 0.0963. The lowest BCUT2D eigenvalue weighted by atomic mass is 10.1. The Labute approximate surface area is 124 Å². The van der Waals surface area contributed by atoms with Gasteiger partial charge in [-0.2, -0.15) is 0 Å². The Morgan fingerprint density at radius 2 is 1.90 bits per heavy atom. The molecule has 2 aromatic rings. The van der Waals surface area contributed by atoms with E-state index in [9.17, 15) is 4.79 Å². The minimum absolute atomic E-state index is 0.158. The van der Waals surface area contributed by atoms with Crippen LogP contribution in [0.3, 0.4) is 0 Å². The molecule has 0 saturated carbocycles. The van der Waals surface area contributed by atoms with E-state index in [1.807, 2.05) is 25.1 Å². The summed E-state index contributed by atoms with van der Waals surface area (Å²) in [5, 5.41) is 5.81. The molecule has 0 bridgehead atoms. The van der Waals surface area contributed by atoms with Gasteiger partial charge in [0.25, 0.3) is 5.91 Å². The van der Waals surface area contributed by atoms with Gasteiger partial charge < -0.3 is 21.1 Å². The average molecular weight is 285 g/mol. The molecular weight excluding hydrogens is 266 g/mol. The highest BCUT2D eigenvalue weighted by Crippen LogP contribution is 2.31. The fourth-order valence-electron chi connectivity index (χ4n) is 2.01. The molecule has 5 heteroatoms. The van der Waals surface area contributed by atoms with Crippen LogP contribution in [0, 0.1) is 6.92 Å². The number of methoxy groups -OCH3 is 1. The van der Waals surface area contributed by atoms with Gasteiger partial charge in [0, 0.05) is 12.6 Å². The van der Waals surface area contributed by atoms with Crippen molar-refractivity contribution in [1.82, 2.24) is 5.32 Å². The van der Waals surface area contributed by atoms with Gasteiger partial charge in [0.15, 0.2) is 0 Å². The minimum Gasteiger partial charge on any atom is -0.495 e. The van der Waals surface area contributed by atoms with Crippen LogP contribution in [0.1, 0.15) is 15.9 Å². The van der Waals surface area contributed by atoms with Gasteiger partial charge in [-0.3, -0.25) is 4.79 Å². The number of anilines is 3. The molecule has 21 heavy (non-hydrogen) atoms. The van der Waals surface area contributed by atoms with Crippen molar-refractivity contribution in [2.24, 2.45) is 0 Å². The van der Waals surface area contributed by atoms with Crippen LogP contribution in [0.15, 0.2) is 36.4 Å². The molecule has 0 aromatic heterocycles. The first-order valence-electron chi connectivity index (χ1n) is 6.58. The van der Waals surface area contributed by atoms with Gasteiger partial charge in [0.05, 0.1) is 24.2 Å². The predicted octanol–water partition coefficient (Wildman–Crippen LogP) is 2.69. The number of aryl methyl sites for hydroxylation is 1. The van der Waals surface area contributed by atoms with Gasteiger partial charge in [-0.1, -0.05) is 6.07 Å². The second-order valence-corrected chi connectivity index (χ2v) is 4.71. The molecule has 2 aromatic carbocycles. The van der Waals surface area contributed by atoms with Gasteiger partial charge in [-0.15, -0.1) is 0 Å². The number of ether oxygens (including phenoxy) is 1. The number of rotatable bonds is 4. The van der Waals surface area contributed by atoms with Crippen molar-refractivity contribution in [2.45, 2.75) is 6.92 Å². The molecule has 0 aliphatic heterocycles. The summed E-state index contributed by atoms with van der Waals surface area (Å²) < 4.78 is 5.33. The molecule has 0 aliphatic carbocycles. The van der Waals surface area contributed by atoms with Crippen LogP contribution < -0.4 is 21.1 Å². The highest BCUT2D eigenvalue weighted by atomic mass is 16.5. The Kier molecular flexibility index (Phi) is 4.33. The molecule has 0 unspecified atom stereocenters. The normalized spacial score (nSPS) is 10.0. The number of hydrogen-bond acceptors (Lipinski definition) is 4. The molecule has 0 fully saturated rings.